The van der Waals surface area contributed by atoms with Gasteiger partial charge in [0.15, 0.2) is 17.8 Å². The minimum Gasteiger partial charge on any atom is -0.504 e. The van der Waals surface area contributed by atoms with E-state index in [4.69, 9.17) is 10.8 Å². The van der Waals surface area contributed by atoms with E-state index in [-0.39, 0.29) is 12.1 Å². The molecule has 7 heteroatoms. The Kier molecular flexibility index (Phi) is 4.82. The second-order valence-electron chi connectivity index (χ2n) is 4.99. The first-order valence-electron chi connectivity index (χ1n) is 6.77. The maximum Gasteiger partial charge on any atom is 0.320 e. The van der Waals surface area contributed by atoms with E-state index in [0.29, 0.717) is 23.1 Å². The number of para-hydroxylation sites is 1. The molecule has 0 aliphatic heterocycles. The maximum absolute atomic E-state index is 11.0. The molecule has 7 nitrogen and oxygen atoms in total. The van der Waals surface area contributed by atoms with Crippen LogP contribution in [0.15, 0.2) is 36.4 Å². The number of hydrogen-bond donors (Lipinski definition) is 5. The number of nitrogens with two attached hydrogens (primary N) is 1. The number of phenolic OH excluding ortho intramolecular Hbond substituents is 2. The van der Waals surface area contributed by atoms with E-state index in [1.165, 1.54) is 12.1 Å². The van der Waals surface area contributed by atoms with Gasteiger partial charge in [0, 0.05) is 11.3 Å². The first kappa shape index (κ1) is 16.3. The number of carboxylic acids is 1. The number of carboxylic acid groups (broad SMARTS) is 1. The topological polar surface area (TPSA) is 133 Å². The minimum atomic E-state index is -1.17. The predicted octanol–water partition coefficient (Wildman–Crippen LogP) is 1.61. The molecule has 0 saturated heterocycles. The Balaban J connectivity index is 2.36. The number of rotatable bonds is 6. The lowest BCUT2D eigenvalue weighted by Gasteiger charge is -2.14. The fourth-order valence-electron chi connectivity index (χ4n) is 2.09. The molecular weight excluding hydrogens is 300 g/mol. The zero-order valence-electron chi connectivity index (χ0n) is 12.1. The van der Waals surface area contributed by atoms with Crippen LogP contribution in [0.2, 0.25) is 0 Å². The summed E-state index contributed by atoms with van der Waals surface area (Å²) in [5.41, 5.74) is 6.87. The van der Waals surface area contributed by atoms with Crippen molar-refractivity contribution in [1.82, 2.24) is 0 Å². The van der Waals surface area contributed by atoms with Gasteiger partial charge >= 0.3 is 5.97 Å². The minimum absolute atomic E-state index is 0.0207. The lowest BCUT2D eigenvalue weighted by molar-refractivity contribution is -0.138. The third kappa shape index (κ3) is 3.78. The Morgan fingerprint density at radius 2 is 1.91 bits per heavy atom. The zero-order valence-corrected chi connectivity index (χ0v) is 12.1. The molecule has 0 aromatic heterocycles. The molecule has 0 aliphatic carbocycles. The number of anilines is 2. The zero-order chi connectivity index (χ0) is 17.0. The summed E-state index contributed by atoms with van der Waals surface area (Å²) in [6.07, 6.45) is 0.636. The van der Waals surface area contributed by atoms with Crippen LogP contribution < -0.4 is 11.1 Å². The molecule has 0 fully saturated rings. The molecule has 0 bridgehead atoms. The normalized spacial score (nSPS) is 11.7. The number of aliphatic carboxylic acids is 1. The molecule has 0 amide bonds. The van der Waals surface area contributed by atoms with Gasteiger partial charge in [0.1, 0.15) is 6.04 Å². The molecular formula is C16H16N2O5. The van der Waals surface area contributed by atoms with Gasteiger partial charge in [0.25, 0.3) is 0 Å². The highest BCUT2D eigenvalue weighted by atomic mass is 16.4. The van der Waals surface area contributed by atoms with Crippen molar-refractivity contribution in [1.29, 1.82) is 0 Å². The van der Waals surface area contributed by atoms with Crippen molar-refractivity contribution >= 4 is 23.6 Å². The SMILES string of the molecule is N[C@@H](Cc1cc(O)c(O)c(Nc2ccccc2C=O)c1)C(=O)O. The third-order valence-corrected chi connectivity index (χ3v) is 3.28. The van der Waals surface area contributed by atoms with Crippen molar-refractivity contribution in [3.8, 4) is 11.5 Å². The van der Waals surface area contributed by atoms with E-state index >= 15 is 0 Å². The van der Waals surface area contributed by atoms with Crippen molar-refractivity contribution < 1.29 is 24.9 Å². The second kappa shape index (κ2) is 6.80. The van der Waals surface area contributed by atoms with Gasteiger partial charge in [-0.2, -0.15) is 0 Å². The van der Waals surface area contributed by atoms with Gasteiger partial charge in [-0.05, 0) is 36.2 Å². The van der Waals surface area contributed by atoms with Gasteiger partial charge < -0.3 is 26.4 Å². The summed E-state index contributed by atoms with van der Waals surface area (Å²) in [7, 11) is 0. The molecule has 2 aromatic carbocycles. The first-order valence-corrected chi connectivity index (χ1v) is 6.77. The number of hydrogen-bond acceptors (Lipinski definition) is 6. The summed E-state index contributed by atoms with van der Waals surface area (Å²) in [5, 5.41) is 31.4. The molecule has 6 N–H and O–H groups in total. The summed E-state index contributed by atoms with van der Waals surface area (Å²) in [5.74, 6) is -1.98. The maximum atomic E-state index is 11.0. The number of benzene rings is 2. The Bertz CT molecular complexity index is 745. The van der Waals surface area contributed by atoms with E-state index < -0.39 is 23.5 Å². The van der Waals surface area contributed by atoms with Gasteiger partial charge in [-0.3, -0.25) is 9.59 Å². The highest BCUT2D eigenvalue weighted by Gasteiger charge is 2.16. The van der Waals surface area contributed by atoms with E-state index in [2.05, 4.69) is 5.32 Å². The standard InChI is InChI=1S/C16H16N2O5/c17-11(16(22)23)5-9-6-13(15(21)14(20)7-9)18-12-4-2-1-3-10(12)8-19/h1-4,6-8,11,18,20-21H,5,17H2,(H,22,23)/t11-/m0/s1. The van der Waals surface area contributed by atoms with Gasteiger partial charge in [-0.25, -0.2) is 0 Å². The smallest absolute Gasteiger partial charge is 0.320 e. The molecule has 0 aliphatic rings. The Labute approximate surface area is 132 Å². The Hall–Kier alpha value is -3.06. The molecule has 2 rings (SSSR count). The van der Waals surface area contributed by atoms with Gasteiger partial charge in [0.2, 0.25) is 0 Å². The van der Waals surface area contributed by atoms with Crippen LogP contribution in [-0.4, -0.2) is 33.6 Å². The van der Waals surface area contributed by atoms with Crippen molar-refractivity contribution in [2.24, 2.45) is 5.73 Å². The van der Waals surface area contributed by atoms with Crippen LogP contribution in [0.25, 0.3) is 0 Å². The lowest BCUT2D eigenvalue weighted by atomic mass is 10.0. The van der Waals surface area contributed by atoms with E-state index in [0.717, 1.165) is 0 Å². The molecule has 0 radical (unpaired) electrons. The van der Waals surface area contributed by atoms with Crippen LogP contribution in [0.3, 0.4) is 0 Å². The molecule has 120 valence electrons. The number of aromatic hydroxyl groups is 2. The number of carbonyl (C=O) groups excluding carboxylic acids is 1. The van der Waals surface area contributed by atoms with E-state index in [1.807, 2.05) is 0 Å². The number of aldehydes is 1. The third-order valence-electron chi connectivity index (χ3n) is 3.28. The lowest BCUT2D eigenvalue weighted by Crippen LogP contribution is -2.32. The molecule has 0 heterocycles. The van der Waals surface area contributed by atoms with Crippen molar-refractivity contribution in [2.75, 3.05) is 5.32 Å². The van der Waals surface area contributed by atoms with Crippen LogP contribution in [-0.2, 0) is 11.2 Å². The van der Waals surface area contributed by atoms with Crippen LogP contribution in [0.1, 0.15) is 15.9 Å². The second-order valence-corrected chi connectivity index (χ2v) is 4.99. The number of phenols is 2. The average molecular weight is 316 g/mol. The van der Waals surface area contributed by atoms with E-state index in [1.54, 1.807) is 24.3 Å². The average Bonchev–Trinajstić information content (AvgIpc) is 2.52. The number of nitrogens with one attached hydrogen (secondary N) is 1. The van der Waals surface area contributed by atoms with Crippen LogP contribution in [0, 0.1) is 0 Å². The monoisotopic (exact) mass is 316 g/mol. The largest absolute Gasteiger partial charge is 0.504 e. The van der Waals surface area contributed by atoms with Crippen molar-refractivity contribution in [2.45, 2.75) is 12.5 Å². The van der Waals surface area contributed by atoms with Gasteiger partial charge in [-0.1, -0.05) is 12.1 Å². The highest BCUT2D eigenvalue weighted by Crippen LogP contribution is 2.37. The summed E-state index contributed by atoms with van der Waals surface area (Å²) in [6.45, 7) is 0. The van der Waals surface area contributed by atoms with Crippen molar-refractivity contribution in [3.63, 3.8) is 0 Å². The predicted molar refractivity (Wildman–Crippen MR) is 84.2 cm³/mol. The molecule has 2 aromatic rings. The molecule has 23 heavy (non-hydrogen) atoms. The van der Waals surface area contributed by atoms with Crippen molar-refractivity contribution in [3.05, 3.63) is 47.5 Å². The van der Waals surface area contributed by atoms with Gasteiger partial charge in [0.05, 0.1) is 5.69 Å². The quantitative estimate of drug-likeness (QED) is 0.404. The number of carbonyl (C=O) groups is 2. The highest BCUT2D eigenvalue weighted by molar-refractivity contribution is 5.87. The fraction of sp³-hybridized carbons (Fsp3) is 0.125. The Morgan fingerprint density at radius 1 is 1.22 bits per heavy atom. The molecule has 0 unspecified atom stereocenters. The first-order chi connectivity index (χ1) is 10.9. The summed E-state index contributed by atoms with van der Waals surface area (Å²) in [4.78, 5) is 21.8. The summed E-state index contributed by atoms with van der Waals surface area (Å²) < 4.78 is 0. The summed E-state index contributed by atoms with van der Waals surface area (Å²) >= 11 is 0. The van der Waals surface area contributed by atoms with Crippen LogP contribution in [0.5, 0.6) is 11.5 Å². The molecule has 0 spiro atoms. The molecule has 0 saturated carbocycles. The van der Waals surface area contributed by atoms with Crippen LogP contribution >= 0.6 is 0 Å². The van der Waals surface area contributed by atoms with Crippen LogP contribution in [0.4, 0.5) is 11.4 Å². The fourth-order valence-corrected chi connectivity index (χ4v) is 2.09. The molecule has 1 atom stereocenters. The summed E-state index contributed by atoms with van der Waals surface area (Å²) in [6, 6.07) is 8.21. The van der Waals surface area contributed by atoms with Gasteiger partial charge in [-0.15, -0.1) is 0 Å². The Morgan fingerprint density at radius 3 is 2.57 bits per heavy atom. The van der Waals surface area contributed by atoms with E-state index in [9.17, 15) is 19.8 Å².